The van der Waals surface area contributed by atoms with Gasteiger partial charge < -0.3 is 19.9 Å². The van der Waals surface area contributed by atoms with Crippen LogP contribution in [0.3, 0.4) is 0 Å². The fraction of sp³-hybridized carbons (Fsp3) is 0.200. The molecular weight excluding hydrogens is 302 g/mol. The fourth-order valence-electron chi connectivity index (χ4n) is 1.71. The molecule has 2 rings (SSSR count). The van der Waals surface area contributed by atoms with Crippen molar-refractivity contribution < 1.29 is 23.6 Å². The molecule has 0 spiro atoms. The van der Waals surface area contributed by atoms with Crippen molar-refractivity contribution in [2.24, 2.45) is 0 Å². The number of amides is 2. The van der Waals surface area contributed by atoms with Gasteiger partial charge in [-0.1, -0.05) is 5.16 Å². The SMILES string of the molecule is CNC(=O)c1ccc(NC(=O)COC(=O)c2cc(C)no2)cc1. The van der Waals surface area contributed by atoms with Crippen LogP contribution in [-0.4, -0.2) is 36.6 Å². The van der Waals surface area contributed by atoms with Gasteiger partial charge in [0.05, 0.1) is 5.69 Å². The van der Waals surface area contributed by atoms with Gasteiger partial charge in [0.15, 0.2) is 6.61 Å². The minimum atomic E-state index is -0.768. The molecule has 0 aliphatic rings. The molecule has 2 aromatic rings. The van der Waals surface area contributed by atoms with E-state index in [4.69, 9.17) is 9.26 Å². The van der Waals surface area contributed by atoms with Crippen LogP contribution in [0.4, 0.5) is 5.69 Å². The second-order valence-electron chi connectivity index (χ2n) is 4.61. The van der Waals surface area contributed by atoms with Crippen LogP contribution in [-0.2, 0) is 9.53 Å². The summed E-state index contributed by atoms with van der Waals surface area (Å²) in [6.45, 7) is 1.20. The summed E-state index contributed by atoms with van der Waals surface area (Å²) in [6.07, 6.45) is 0. The normalized spacial score (nSPS) is 10.0. The molecule has 0 saturated heterocycles. The quantitative estimate of drug-likeness (QED) is 0.800. The van der Waals surface area contributed by atoms with Crippen molar-refractivity contribution in [3.63, 3.8) is 0 Å². The molecule has 0 aliphatic heterocycles. The lowest BCUT2D eigenvalue weighted by atomic mass is 10.2. The van der Waals surface area contributed by atoms with Gasteiger partial charge in [-0.25, -0.2) is 4.79 Å². The molecule has 2 amide bonds. The van der Waals surface area contributed by atoms with Gasteiger partial charge in [0.25, 0.3) is 11.8 Å². The number of nitrogens with zero attached hydrogens (tertiary/aromatic N) is 1. The van der Waals surface area contributed by atoms with Crippen LogP contribution in [0.2, 0.25) is 0 Å². The first kappa shape index (κ1) is 16.2. The van der Waals surface area contributed by atoms with Crippen LogP contribution in [0.5, 0.6) is 0 Å². The van der Waals surface area contributed by atoms with Crippen molar-refractivity contribution in [2.75, 3.05) is 19.0 Å². The Labute approximate surface area is 131 Å². The smallest absolute Gasteiger partial charge is 0.377 e. The van der Waals surface area contributed by atoms with Gasteiger partial charge in [0.1, 0.15) is 0 Å². The minimum absolute atomic E-state index is 0.0646. The average Bonchev–Trinajstić information content (AvgIpc) is 2.99. The largest absolute Gasteiger partial charge is 0.450 e. The van der Waals surface area contributed by atoms with Gasteiger partial charge in [0.2, 0.25) is 5.76 Å². The molecule has 0 atom stereocenters. The van der Waals surface area contributed by atoms with E-state index in [-0.39, 0.29) is 11.7 Å². The first-order valence-electron chi connectivity index (χ1n) is 6.72. The fourth-order valence-corrected chi connectivity index (χ4v) is 1.71. The van der Waals surface area contributed by atoms with E-state index in [2.05, 4.69) is 15.8 Å². The van der Waals surface area contributed by atoms with Crippen LogP contribution in [0.25, 0.3) is 0 Å². The van der Waals surface area contributed by atoms with Gasteiger partial charge in [-0.2, -0.15) is 0 Å². The van der Waals surface area contributed by atoms with E-state index in [1.54, 1.807) is 31.2 Å². The standard InChI is InChI=1S/C15H15N3O5/c1-9-7-12(23-18-9)15(21)22-8-13(19)17-11-5-3-10(4-6-11)14(20)16-2/h3-7H,8H2,1-2H3,(H,16,20)(H,17,19). The Morgan fingerprint density at radius 2 is 1.91 bits per heavy atom. The maximum Gasteiger partial charge on any atom is 0.377 e. The second-order valence-corrected chi connectivity index (χ2v) is 4.61. The number of carbonyl (C=O) groups is 3. The van der Waals surface area contributed by atoms with Crippen molar-refractivity contribution >= 4 is 23.5 Å². The summed E-state index contributed by atoms with van der Waals surface area (Å²) in [7, 11) is 1.53. The van der Waals surface area contributed by atoms with Gasteiger partial charge in [-0.05, 0) is 31.2 Å². The molecule has 1 heterocycles. The molecule has 0 radical (unpaired) electrons. The number of anilines is 1. The zero-order chi connectivity index (χ0) is 16.8. The molecular formula is C15H15N3O5. The summed E-state index contributed by atoms with van der Waals surface area (Å²) < 4.78 is 9.53. The maximum absolute atomic E-state index is 11.7. The topological polar surface area (TPSA) is 111 Å². The third-order valence-corrected chi connectivity index (χ3v) is 2.82. The first-order chi connectivity index (χ1) is 11.0. The van der Waals surface area contributed by atoms with Crippen LogP contribution < -0.4 is 10.6 Å². The lowest BCUT2D eigenvalue weighted by Gasteiger charge is -2.06. The molecule has 1 aromatic carbocycles. The Hall–Kier alpha value is -3.16. The highest BCUT2D eigenvalue weighted by Gasteiger charge is 2.15. The Morgan fingerprint density at radius 3 is 2.48 bits per heavy atom. The molecule has 0 bridgehead atoms. The number of nitrogens with one attached hydrogen (secondary N) is 2. The molecule has 0 aliphatic carbocycles. The predicted molar refractivity (Wildman–Crippen MR) is 80.0 cm³/mol. The van der Waals surface area contributed by atoms with E-state index in [9.17, 15) is 14.4 Å². The summed E-state index contributed by atoms with van der Waals surface area (Å²) in [5.74, 6) is -1.57. The second kappa shape index (κ2) is 7.21. The van der Waals surface area contributed by atoms with E-state index in [0.29, 0.717) is 16.9 Å². The molecule has 2 N–H and O–H groups in total. The highest BCUT2D eigenvalue weighted by Crippen LogP contribution is 2.10. The minimum Gasteiger partial charge on any atom is -0.450 e. The molecule has 8 heteroatoms. The van der Waals surface area contributed by atoms with Crippen molar-refractivity contribution in [1.82, 2.24) is 10.5 Å². The Kier molecular flexibility index (Phi) is 5.08. The van der Waals surface area contributed by atoms with Crippen LogP contribution in [0, 0.1) is 6.92 Å². The van der Waals surface area contributed by atoms with Gasteiger partial charge in [0, 0.05) is 24.4 Å². The number of aryl methyl sites for hydroxylation is 1. The third-order valence-electron chi connectivity index (χ3n) is 2.82. The summed E-state index contributed by atoms with van der Waals surface area (Å²) in [6, 6.07) is 7.70. The number of hydrogen-bond donors (Lipinski definition) is 2. The molecule has 0 fully saturated rings. The Balaban J connectivity index is 1.85. The molecule has 0 unspecified atom stereocenters. The van der Waals surface area contributed by atoms with Crippen molar-refractivity contribution in [3.8, 4) is 0 Å². The lowest BCUT2D eigenvalue weighted by molar-refractivity contribution is -0.119. The molecule has 1 aromatic heterocycles. The van der Waals surface area contributed by atoms with Crippen LogP contribution >= 0.6 is 0 Å². The third kappa shape index (κ3) is 4.40. The number of hydrogen-bond acceptors (Lipinski definition) is 6. The van der Waals surface area contributed by atoms with Crippen LogP contribution in [0.15, 0.2) is 34.9 Å². The molecule has 23 heavy (non-hydrogen) atoms. The highest BCUT2D eigenvalue weighted by atomic mass is 16.6. The Bertz CT molecular complexity index is 721. The van der Waals surface area contributed by atoms with Crippen LogP contribution in [0.1, 0.15) is 26.6 Å². The van der Waals surface area contributed by atoms with Crippen molar-refractivity contribution in [2.45, 2.75) is 6.92 Å². The summed E-state index contributed by atoms with van der Waals surface area (Å²) in [5, 5.41) is 8.59. The van der Waals surface area contributed by atoms with E-state index in [1.807, 2.05) is 0 Å². The lowest BCUT2D eigenvalue weighted by Crippen LogP contribution is -2.21. The van der Waals surface area contributed by atoms with E-state index < -0.39 is 18.5 Å². The van der Waals surface area contributed by atoms with Crippen molar-refractivity contribution in [3.05, 3.63) is 47.3 Å². The molecule has 8 nitrogen and oxygen atoms in total. The zero-order valence-electron chi connectivity index (χ0n) is 12.6. The number of carbonyl (C=O) groups excluding carboxylic acids is 3. The van der Waals surface area contributed by atoms with E-state index in [0.717, 1.165) is 0 Å². The number of esters is 1. The predicted octanol–water partition coefficient (Wildman–Crippen LogP) is 1.14. The highest BCUT2D eigenvalue weighted by molar-refractivity contribution is 5.96. The Morgan fingerprint density at radius 1 is 1.22 bits per heavy atom. The maximum atomic E-state index is 11.7. The average molecular weight is 317 g/mol. The zero-order valence-corrected chi connectivity index (χ0v) is 12.6. The first-order valence-corrected chi connectivity index (χ1v) is 6.72. The molecule has 120 valence electrons. The van der Waals surface area contributed by atoms with Gasteiger partial charge >= 0.3 is 5.97 Å². The number of aromatic nitrogens is 1. The number of benzene rings is 1. The van der Waals surface area contributed by atoms with E-state index in [1.165, 1.54) is 13.1 Å². The van der Waals surface area contributed by atoms with E-state index >= 15 is 0 Å². The summed E-state index contributed by atoms with van der Waals surface area (Å²) >= 11 is 0. The van der Waals surface area contributed by atoms with Gasteiger partial charge in [-0.3, -0.25) is 9.59 Å². The van der Waals surface area contributed by atoms with Gasteiger partial charge in [-0.15, -0.1) is 0 Å². The number of ether oxygens (including phenoxy) is 1. The monoisotopic (exact) mass is 317 g/mol. The number of rotatable bonds is 5. The molecule has 0 saturated carbocycles. The van der Waals surface area contributed by atoms with Crippen molar-refractivity contribution in [1.29, 1.82) is 0 Å². The summed E-state index contributed by atoms with van der Waals surface area (Å²) in [4.78, 5) is 34.7. The summed E-state index contributed by atoms with van der Waals surface area (Å²) in [5.41, 5.74) is 1.49.